The van der Waals surface area contributed by atoms with E-state index in [9.17, 15) is 5.11 Å². The Morgan fingerprint density at radius 1 is 1.19 bits per heavy atom. The maximum absolute atomic E-state index is 10.3. The molecule has 3 N–H and O–H groups in total. The molecule has 1 aliphatic rings. The Morgan fingerprint density at radius 2 is 1.90 bits per heavy atom. The predicted octanol–water partition coefficient (Wildman–Crippen LogP) is 1.49. The number of hydrogen-bond donors (Lipinski definition) is 3. The molecule has 0 saturated carbocycles. The summed E-state index contributed by atoms with van der Waals surface area (Å²) in [5, 5.41) is 22.7. The van der Waals surface area contributed by atoms with Crippen molar-refractivity contribution < 1.29 is 19.7 Å². The van der Waals surface area contributed by atoms with E-state index in [1.807, 2.05) is 18.2 Å². The van der Waals surface area contributed by atoms with Gasteiger partial charge in [0.25, 0.3) is 0 Å². The van der Waals surface area contributed by atoms with Crippen LogP contribution in [0.3, 0.4) is 0 Å². The van der Waals surface area contributed by atoms with Gasteiger partial charge in [-0.2, -0.15) is 0 Å². The average molecular weight is 295 g/mol. The fourth-order valence-corrected chi connectivity index (χ4v) is 2.46. The molecule has 0 aliphatic carbocycles. The van der Waals surface area contributed by atoms with Crippen molar-refractivity contribution in [3.8, 4) is 11.5 Å². The Kier molecular flexibility index (Phi) is 5.85. The maximum Gasteiger partial charge on any atom is 0.161 e. The van der Waals surface area contributed by atoms with Gasteiger partial charge in [-0.15, -0.1) is 0 Å². The first-order chi connectivity index (χ1) is 10.1. The van der Waals surface area contributed by atoms with E-state index in [1.54, 1.807) is 0 Å². The summed E-state index contributed by atoms with van der Waals surface area (Å²) in [6, 6.07) is 5.72. The first-order valence-electron chi connectivity index (χ1n) is 7.53. The van der Waals surface area contributed by atoms with Gasteiger partial charge >= 0.3 is 0 Å². The Labute approximate surface area is 125 Å². The molecule has 1 aliphatic heterocycles. The van der Waals surface area contributed by atoms with Crippen LogP contribution in [0.1, 0.15) is 31.9 Å². The zero-order valence-electron chi connectivity index (χ0n) is 12.7. The second kappa shape index (κ2) is 7.64. The number of hydrogen-bond acceptors (Lipinski definition) is 5. The highest BCUT2D eigenvalue weighted by molar-refractivity contribution is 5.44. The van der Waals surface area contributed by atoms with E-state index in [1.165, 1.54) is 0 Å². The second-order valence-electron chi connectivity index (χ2n) is 5.69. The molecule has 1 aromatic rings. The SMILES string of the molecule is CC(C)C(CCO)NCC(O)c1ccc2c(c1)OCCO2. The molecule has 0 bridgehead atoms. The third-order valence-electron chi connectivity index (χ3n) is 3.77. The largest absolute Gasteiger partial charge is 0.486 e. The lowest BCUT2D eigenvalue weighted by molar-refractivity contribution is 0.154. The number of aliphatic hydroxyl groups is 2. The highest BCUT2D eigenvalue weighted by Gasteiger charge is 2.18. The van der Waals surface area contributed by atoms with Crippen LogP contribution in [0, 0.1) is 5.92 Å². The molecule has 2 unspecified atom stereocenters. The molecule has 2 atom stereocenters. The zero-order valence-corrected chi connectivity index (χ0v) is 12.7. The molecule has 1 aromatic carbocycles. The minimum Gasteiger partial charge on any atom is -0.486 e. The summed E-state index contributed by atoms with van der Waals surface area (Å²) < 4.78 is 11.0. The highest BCUT2D eigenvalue weighted by atomic mass is 16.6. The van der Waals surface area contributed by atoms with Gasteiger partial charge in [0, 0.05) is 19.2 Å². The topological polar surface area (TPSA) is 71.0 Å². The van der Waals surface area contributed by atoms with Crippen LogP contribution in [0.2, 0.25) is 0 Å². The standard InChI is InChI=1S/C16H25NO4/c1-11(2)13(5-6-18)17-10-14(19)12-3-4-15-16(9-12)21-8-7-20-15/h3-4,9,11,13-14,17-19H,5-8,10H2,1-2H3. The quantitative estimate of drug-likeness (QED) is 0.711. The van der Waals surface area contributed by atoms with Gasteiger partial charge in [-0.3, -0.25) is 0 Å². The molecule has 2 rings (SSSR count). The minimum atomic E-state index is -0.610. The lowest BCUT2D eigenvalue weighted by Crippen LogP contribution is -2.37. The van der Waals surface area contributed by atoms with Gasteiger partial charge in [-0.25, -0.2) is 0 Å². The molecule has 5 nitrogen and oxygen atoms in total. The monoisotopic (exact) mass is 295 g/mol. The third kappa shape index (κ3) is 4.33. The van der Waals surface area contributed by atoms with E-state index >= 15 is 0 Å². The van der Waals surface area contributed by atoms with Crippen LogP contribution in [0.25, 0.3) is 0 Å². The van der Waals surface area contributed by atoms with Crippen LogP contribution in [0.4, 0.5) is 0 Å². The molecule has 0 aromatic heterocycles. The van der Waals surface area contributed by atoms with Gasteiger partial charge in [0.05, 0.1) is 6.10 Å². The molecule has 5 heteroatoms. The van der Waals surface area contributed by atoms with Crippen molar-refractivity contribution in [3.05, 3.63) is 23.8 Å². The van der Waals surface area contributed by atoms with Crippen molar-refractivity contribution >= 4 is 0 Å². The van der Waals surface area contributed by atoms with Gasteiger partial charge in [0.2, 0.25) is 0 Å². The number of fused-ring (bicyclic) bond motifs is 1. The van der Waals surface area contributed by atoms with Crippen LogP contribution < -0.4 is 14.8 Å². The molecular formula is C16H25NO4. The second-order valence-corrected chi connectivity index (χ2v) is 5.69. The summed E-state index contributed by atoms with van der Waals surface area (Å²) in [4.78, 5) is 0. The molecule has 0 saturated heterocycles. The van der Waals surface area contributed by atoms with Gasteiger partial charge in [-0.1, -0.05) is 19.9 Å². The van der Waals surface area contributed by atoms with E-state index < -0.39 is 6.10 Å². The van der Waals surface area contributed by atoms with Gasteiger partial charge in [0.1, 0.15) is 13.2 Å². The first kappa shape index (κ1) is 16.1. The number of aliphatic hydroxyl groups excluding tert-OH is 2. The Bertz CT molecular complexity index is 450. The predicted molar refractivity (Wildman–Crippen MR) is 80.7 cm³/mol. The molecule has 21 heavy (non-hydrogen) atoms. The fourth-order valence-electron chi connectivity index (χ4n) is 2.46. The number of benzene rings is 1. The van der Waals surface area contributed by atoms with Crippen LogP contribution in [0.5, 0.6) is 11.5 Å². The molecular weight excluding hydrogens is 270 g/mol. The van der Waals surface area contributed by atoms with Crippen molar-refractivity contribution in [2.24, 2.45) is 5.92 Å². The summed E-state index contributed by atoms with van der Waals surface area (Å²) in [5.74, 6) is 1.82. The first-order valence-corrected chi connectivity index (χ1v) is 7.53. The van der Waals surface area contributed by atoms with Gasteiger partial charge in [-0.05, 0) is 30.0 Å². The van der Waals surface area contributed by atoms with Crippen molar-refractivity contribution in [2.45, 2.75) is 32.4 Å². The Morgan fingerprint density at radius 3 is 2.57 bits per heavy atom. The minimum absolute atomic E-state index is 0.149. The van der Waals surface area contributed by atoms with Crippen LogP contribution in [-0.2, 0) is 0 Å². The van der Waals surface area contributed by atoms with E-state index in [2.05, 4.69) is 19.2 Å². The Balaban J connectivity index is 1.95. The molecule has 1 heterocycles. The van der Waals surface area contributed by atoms with Crippen LogP contribution in [0.15, 0.2) is 18.2 Å². The molecule has 0 radical (unpaired) electrons. The molecule has 0 spiro atoms. The van der Waals surface area contributed by atoms with Gasteiger partial charge < -0.3 is 25.0 Å². The van der Waals surface area contributed by atoms with Gasteiger partial charge in [0.15, 0.2) is 11.5 Å². The Hall–Kier alpha value is -1.30. The average Bonchev–Trinajstić information content (AvgIpc) is 2.50. The smallest absolute Gasteiger partial charge is 0.161 e. The lowest BCUT2D eigenvalue weighted by Gasteiger charge is -2.24. The fraction of sp³-hybridized carbons (Fsp3) is 0.625. The molecule has 0 fully saturated rings. The zero-order chi connectivity index (χ0) is 15.2. The molecule has 118 valence electrons. The highest BCUT2D eigenvalue weighted by Crippen LogP contribution is 2.32. The number of rotatable bonds is 7. The summed E-state index contributed by atoms with van der Waals surface area (Å²) in [5.41, 5.74) is 0.804. The third-order valence-corrected chi connectivity index (χ3v) is 3.77. The van der Waals surface area contributed by atoms with Crippen molar-refractivity contribution in [1.82, 2.24) is 5.32 Å². The summed E-state index contributed by atoms with van der Waals surface area (Å²) in [7, 11) is 0. The van der Waals surface area contributed by atoms with Crippen molar-refractivity contribution in [1.29, 1.82) is 0 Å². The summed E-state index contributed by atoms with van der Waals surface area (Å²) in [6.07, 6.45) is 0.0756. The number of nitrogens with one attached hydrogen (secondary N) is 1. The van der Waals surface area contributed by atoms with E-state index in [0.717, 1.165) is 11.3 Å². The summed E-state index contributed by atoms with van der Waals surface area (Å²) >= 11 is 0. The lowest BCUT2D eigenvalue weighted by atomic mass is 10.0. The van der Waals surface area contributed by atoms with Crippen LogP contribution >= 0.6 is 0 Å². The van der Waals surface area contributed by atoms with E-state index in [0.29, 0.717) is 37.8 Å². The van der Waals surface area contributed by atoms with Crippen LogP contribution in [-0.4, -0.2) is 42.6 Å². The maximum atomic E-state index is 10.3. The van der Waals surface area contributed by atoms with Crippen molar-refractivity contribution in [3.63, 3.8) is 0 Å². The van der Waals surface area contributed by atoms with E-state index in [-0.39, 0.29) is 12.6 Å². The van der Waals surface area contributed by atoms with Crippen molar-refractivity contribution in [2.75, 3.05) is 26.4 Å². The van der Waals surface area contributed by atoms with E-state index in [4.69, 9.17) is 14.6 Å². The molecule has 0 amide bonds. The summed E-state index contributed by atoms with van der Waals surface area (Å²) in [6.45, 7) is 5.90. The number of ether oxygens (including phenoxy) is 2. The normalized spacial score (nSPS) is 16.8.